The van der Waals surface area contributed by atoms with E-state index in [1.54, 1.807) is 19.2 Å². The van der Waals surface area contributed by atoms with E-state index in [-0.39, 0.29) is 11.9 Å². The fraction of sp³-hybridized carbons (Fsp3) is 0.316. The average Bonchev–Trinajstić information content (AvgIpc) is 2.61. The van der Waals surface area contributed by atoms with E-state index in [2.05, 4.69) is 30.8 Å². The standard InChI is InChI=1S/C19H24FN3OS/c1-23(2)17(16-6-4-5-7-18(16)24-3)13-22-19(25)21-12-14-8-10-15(20)11-9-14/h4-11,17H,12-13H2,1-3H3,(H2,21,22,25)/p+1/t17-/m0/s1. The van der Waals surface area contributed by atoms with Crippen molar-refractivity contribution in [2.45, 2.75) is 12.6 Å². The summed E-state index contributed by atoms with van der Waals surface area (Å²) in [6.45, 7) is 1.23. The second-order valence-corrected chi connectivity index (χ2v) is 6.47. The molecule has 0 unspecified atom stereocenters. The van der Waals surface area contributed by atoms with Crippen LogP contribution in [0, 0.1) is 5.82 Å². The fourth-order valence-corrected chi connectivity index (χ4v) is 2.78. The molecule has 4 nitrogen and oxygen atoms in total. The van der Waals surface area contributed by atoms with Gasteiger partial charge in [-0.05, 0) is 42.0 Å². The first-order valence-corrected chi connectivity index (χ1v) is 8.61. The molecule has 0 amide bonds. The molecule has 0 aliphatic rings. The Morgan fingerprint density at radius 2 is 1.80 bits per heavy atom. The highest BCUT2D eigenvalue weighted by Gasteiger charge is 2.21. The zero-order chi connectivity index (χ0) is 18.2. The molecule has 134 valence electrons. The Kier molecular flexibility index (Phi) is 7.16. The highest BCUT2D eigenvalue weighted by atomic mass is 32.1. The summed E-state index contributed by atoms with van der Waals surface area (Å²) >= 11 is 5.36. The van der Waals surface area contributed by atoms with Gasteiger partial charge in [-0.15, -0.1) is 0 Å². The molecule has 0 spiro atoms. The van der Waals surface area contributed by atoms with E-state index in [9.17, 15) is 4.39 Å². The van der Waals surface area contributed by atoms with E-state index in [1.807, 2.05) is 18.2 Å². The van der Waals surface area contributed by atoms with Gasteiger partial charge < -0.3 is 20.3 Å². The predicted octanol–water partition coefficient (Wildman–Crippen LogP) is 1.68. The molecule has 0 aromatic heterocycles. The molecule has 0 radical (unpaired) electrons. The van der Waals surface area contributed by atoms with E-state index in [4.69, 9.17) is 17.0 Å². The van der Waals surface area contributed by atoms with Gasteiger partial charge in [0.1, 0.15) is 17.6 Å². The van der Waals surface area contributed by atoms with E-state index < -0.39 is 0 Å². The van der Waals surface area contributed by atoms with Crippen LogP contribution in [0.4, 0.5) is 4.39 Å². The predicted molar refractivity (Wildman–Crippen MR) is 102 cm³/mol. The van der Waals surface area contributed by atoms with Crippen molar-refractivity contribution < 1.29 is 14.0 Å². The van der Waals surface area contributed by atoms with Crippen molar-refractivity contribution >= 4 is 17.3 Å². The van der Waals surface area contributed by atoms with Crippen molar-refractivity contribution in [3.8, 4) is 5.75 Å². The third kappa shape index (κ3) is 5.69. The summed E-state index contributed by atoms with van der Waals surface area (Å²) in [6, 6.07) is 14.6. The number of quaternary nitrogens is 1. The summed E-state index contributed by atoms with van der Waals surface area (Å²) in [5, 5.41) is 6.99. The number of nitrogens with one attached hydrogen (secondary N) is 3. The van der Waals surface area contributed by atoms with Gasteiger partial charge in [0.2, 0.25) is 0 Å². The number of hydrogen-bond acceptors (Lipinski definition) is 2. The smallest absolute Gasteiger partial charge is 0.166 e. The molecular weight excluding hydrogens is 337 g/mol. The van der Waals surface area contributed by atoms with E-state index in [1.165, 1.54) is 17.0 Å². The lowest BCUT2D eigenvalue weighted by atomic mass is 10.0. The maximum atomic E-state index is 12.9. The Morgan fingerprint density at radius 3 is 2.44 bits per heavy atom. The van der Waals surface area contributed by atoms with Crippen LogP contribution in [0.1, 0.15) is 17.2 Å². The van der Waals surface area contributed by atoms with Gasteiger partial charge in [-0.3, -0.25) is 0 Å². The molecule has 0 bridgehead atoms. The molecule has 0 aliphatic heterocycles. The maximum absolute atomic E-state index is 12.9. The van der Waals surface area contributed by atoms with E-state index in [0.717, 1.165) is 16.9 Å². The molecule has 2 aromatic rings. The molecule has 2 rings (SSSR count). The number of benzene rings is 2. The SMILES string of the molecule is COc1ccccc1[C@H](CNC(=S)NCc1ccc(F)cc1)[NH+](C)C. The number of thiocarbonyl (C=S) groups is 1. The molecule has 6 heteroatoms. The van der Waals surface area contributed by atoms with Crippen LogP contribution in [0.15, 0.2) is 48.5 Å². The molecule has 0 aliphatic carbocycles. The topological polar surface area (TPSA) is 37.7 Å². The Morgan fingerprint density at radius 1 is 1.12 bits per heavy atom. The third-order valence-corrected chi connectivity index (χ3v) is 4.33. The highest BCUT2D eigenvalue weighted by Crippen LogP contribution is 2.22. The maximum Gasteiger partial charge on any atom is 0.166 e. The quantitative estimate of drug-likeness (QED) is 0.656. The molecule has 0 saturated carbocycles. The zero-order valence-electron chi connectivity index (χ0n) is 14.8. The van der Waals surface area contributed by atoms with Crippen molar-refractivity contribution in [2.24, 2.45) is 0 Å². The molecular formula is C19H25FN3OS+. The van der Waals surface area contributed by atoms with Gasteiger partial charge >= 0.3 is 0 Å². The van der Waals surface area contributed by atoms with Crippen molar-refractivity contribution in [2.75, 3.05) is 27.7 Å². The normalized spacial score (nSPS) is 11.9. The number of para-hydroxylation sites is 1. The van der Waals surface area contributed by atoms with Crippen LogP contribution in [-0.2, 0) is 6.54 Å². The van der Waals surface area contributed by atoms with Crippen LogP contribution in [0.25, 0.3) is 0 Å². The second kappa shape index (κ2) is 9.34. The average molecular weight is 362 g/mol. The van der Waals surface area contributed by atoms with Crippen molar-refractivity contribution in [1.82, 2.24) is 10.6 Å². The van der Waals surface area contributed by atoms with Gasteiger partial charge in [0.05, 0.1) is 33.3 Å². The van der Waals surface area contributed by atoms with E-state index in [0.29, 0.717) is 18.2 Å². The summed E-state index contributed by atoms with van der Waals surface area (Å²) in [4.78, 5) is 1.28. The highest BCUT2D eigenvalue weighted by molar-refractivity contribution is 7.80. The van der Waals surface area contributed by atoms with Gasteiger partial charge in [-0.25, -0.2) is 4.39 Å². The number of hydrogen-bond donors (Lipinski definition) is 3. The monoisotopic (exact) mass is 362 g/mol. The lowest BCUT2D eigenvalue weighted by Gasteiger charge is -2.24. The van der Waals surface area contributed by atoms with Gasteiger partial charge in [-0.2, -0.15) is 0 Å². The molecule has 0 fully saturated rings. The Bertz CT molecular complexity index is 691. The Hall–Kier alpha value is -2.18. The van der Waals surface area contributed by atoms with Gasteiger partial charge in [-0.1, -0.05) is 24.3 Å². The van der Waals surface area contributed by atoms with Crippen molar-refractivity contribution in [1.29, 1.82) is 0 Å². The first-order valence-electron chi connectivity index (χ1n) is 8.20. The number of likely N-dealkylation sites (N-methyl/N-ethyl adjacent to an activating group) is 1. The van der Waals surface area contributed by atoms with Crippen LogP contribution >= 0.6 is 12.2 Å². The number of rotatable bonds is 7. The minimum absolute atomic E-state index is 0.196. The van der Waals surface area contributed by atoms with Gasteiger partial charge in [0.25, 0.3) is 0 Å². The van der Waals surface area contributed by atoms with Crippen molar-refractivity contribution in [3.63, 3.8) is 0 Å². The summed E-state index contributed by atoms with van der Waals surface area (Å²) < 4.78 is 18.4. The van der Waals surface area contributed by atoms with Gasteiger partial charge in [0, 0.05) is 6.54 Å². The molecule has 25 heavy (non-hydrogen) atoms. The molecule has 2 aromatic carbocycles. The minimum atomic E-state index is -0.238. The largest absolute Gasteiger partial charge is 0.496 e. The van der Waals surface area contributed by atoms with Gasteiger partial charge in [0.15, 0.2) is 5.11 Å². The first kappa shape index (κ1) is 19.1. The minimum Gasteiger partial charge on any atom is -0.496 e. The summed E-state index contributed by atoms with van der Waals surface area (Å²) in [5.41, 5.74) is 2.11. The van der Waals surface area contributed by atoms with E-state index >= 15 is 0 Å². The Balaban J connectivity index is 1.92. The van der Waals surface area contributed by atoms with Crippen LogP contribution in [0.2, 0.25) is 0 Å². The summed E-state index contributed by atoms with van der Waals surface area (Å²) in [5.74, 6) is 0.638. The van der Waals surface area contributed by atoms with Crippen LogP contribution in [-0.4, -0.2) is 32.9 Å². The molecule has 0 saturated heterocycles. The lowest BCUT2D eigenvalue weighted by Crippen LogP contribution is -3.07. The lowest BCUT2D eigenvalue weighted by molar-refractivity contribution is -0.890. The van der Waals surface area contributed by atoms with Crippen LogP contribution in [0.5, 0.6) is 5.75 Å². The Labute approximate surface area is 154 Å². The molecule has 0 heterocycles. The molecule has 1 atom stereocenters. The third-order valence-electron chi connectivity index (χ3n) is 4.04. The number of halogens is 1. The summed E-state index contributed by atoms with van der Waals surface area (Å²) in [6.07, 6.45) is 0. The summed E-state index contributed by atoms with van der Waals surface area (Å²) in [7, 11) is 5.89. The van der Waals surface area contributed by atoms with Crippen LogP contribution in [0.3, 0.4) is 0 Å². The first-order chi connectivity index (χ1) is 12.0. The number of ether oxygens (including phenoxy) is 1. The second-order valence-electron chi connectivity index (χ2n) is 6.06. The van der Waals surface area contributed by atoms with Crippen LogP contribution < -0.4 is 20.3 Å². The number of methoxy groups -OCH3 is 1. The molecule has 3 N–H and O–H groups in total. The fourth-order valence-electron chi connectivity index (χ4n) is 2.62. The zero-order valence-corrected chi connectivity index (χ0v) is 15.6. The van der Waals surface area contributed by atoms with Crippen molar-refractivity contribution in [3.05, 3.63) is 65.5 Å².